The first-order valence-electron chi connectivity index (χ1n) is 6.45. The molecule has 5 heteroatoms. The van der Waals surface area contributed by atoms with Gasteiger partial charge in [-0.2, -0.15) is 0 Å². The van der Waals surface area contributed by atoms with Crippen LogP contribution >= 0.6 is 0 Å². The number of ether oxygens (including phenoxy) is 1. The zero-order valence-electron chi connectivity index (χ0n) is 11.7. The van der Waals surface area contributed by atoms with Crippen LogP contribution in [0.15, 0.2) is 24.3 Å². The van der Waals surface area contributed by atoms with Gasteiger partial charge in [-0.3, -0.25) is 9.69 Å². The van der Waals surface area contributed by atoms with Crippen molar-refractivity contribution >= 4 is 11.6 Å². The van der Waals surface area contributed by atoms with Gasteiger partial charge in [0.2, 0.25) is 5.91 Å². The van der Waals surface area contributed by atoms with Crippen LogP contribution in [0, 0.1) is 0 Å². The lowest BCUT2D eigenvalue weighted by molar-refractivity contribution is -0.121. The third-order valence-electron chi connectivity index (χ3n) is 3.52. The zero-order chi connectivity index (χ0) is 13.8. The number of rotatable bonds is 4. The number of carbonyl (C=O) groups is 1. The van der Waals surface area contributed by atoms with E-state index in [4.69, 9.17) is 4.74 Å². The average molecular weight is 263 g/mol. The van der Waals surface area contributed by atoms with Gasteiger partial charge < -0.3 is 15.0 Å². The summed E-state index contributed by atoms with van der Waals surface area (Å²) in [6, 6.07) is 7.96. The van der Waals surface area contributed by atoms with E-state index in [1.807, 2.05) is 43.3 Å². The van der Waals surface area contributed by atoms with Gasteiger partial charge in [0.05, 0.1) is 19.3 Å². The van der Waals surface area contributed by atoms with E-state index in [2.05, 4.69) is 10.2 Å². The van der Waals surface area contributed by atoms with E-state index in [1.54, 1.807) is 7.11 Å². The Hall–Kier alpha value is -1.59. The average Bonchev–Trinajstić information content (AvgIpc) is 2.42. The molecule has 19 heavy (non-hydrogen) atoms. The van der Waals surface area contributed by atoms with Crippen molar-refractivity contribution in [3.05, 3.63) is 24.3 Å². The Morgan fingerprint density at radius 1 is 1.42 bits per heavy atom. The summed E-state index contributed by atoms with van der Waals surface area (Å²) in [7, 11) is 5.54. The van der Waals surface area contributed by atoms with E-state index in [1.165, 1.54) is 0 Å². The van der Waals surface area contributed by atoms with Crippen LogP contribution in [0.2, 0.25) is 0 Å². The van der Waals surface area contributed by atoms with Crippen molar-refractivity contribution in [3.63, 3.8) is 0 Å². The lowest BCUT2D eigenvalue weighted by atomic mass is 10.1. The SMILES string of the molecule is CNCC1CN(c2ccccc2OC)C(=O)CN1C. The predicted molar refractivity (Wildman–Crippen MR) is 75.7 cm³/mol. The van der Waals surface area contributed by atoms with E-state index < -0.39 is 0 Å². The summed E-state index contributed by atoms with van der Waals surface area (Å²) in [5, 5.41) is 3.17. The predicted octanol–water partition coefficient (Wildman–Crippen LogP) is 0.562. The van der Waals surface area contributed by atoms with Crippen LogP contribution in [0.5, 0.6) is 5.75 Å². The van der Waals surface area contributed by atoms with Crippen LogP contribution in [-0.2, 0) is 4.79 Å². The third-order valence-corrected chi connectivity index (χ3v) is 3.52. The molecular weight excluding hydrogens is 242 g/mol. The first kappa shape index (κ1) is 13.8. The van der Waals surface area contributed by atoms with Crippen LogP contribution < -0.4 is 15.0 Å². The Balaban J connectivity index is 2.25. The number of hydrogen-bond donors (Lipinski definition) is 1. The number of benzene rings is 1. The molecule has 1 aromatic rings. The second-order valence-corrected chi connectivity index (χ2v) is 4.80. The van der Waals surface area contributed by atoms with Crippen LogP contribution in [0.25, 0.3) is 0 Å². The van der Waals surface area contributed by atoms with Gasteiger partial charge in [-0.25, -0.2) is 0 Å². The lowest BCUT2D eigenvalue weighted by Gasteiger charge is -2.39. The molecule has 1 aliphatic rings. The van der Waals surface area contributed by atoms with Crippen molar-refractivity contribution in [1.82, 2.24) is 10.2 Å². The van der Waals surface area contributed by atoms with E-state index >= 15 is 0 Å². The quantitative estimate of drug-likeness (QED) is 0.862. The number of piperazine rings is 1. The van der Waals surface area contributed by atoms with Crippen molar-refractivity contribution in [2.45, 2.75) is 6.04 Å². The van der Waals surface area contributed by atoms with Crippen LogP contribution in [0.1, 0.15) is 0 Å². The molecule has 1 unspecified atom stereocenters. The second-order valence-electron chi connectivity index (χ2n) is 4.80. The summed E-state index contributed by atoms with van der Waals surface area (Å²) in [6.07, 6.45) is 0. The molecule has 0 aromatic heterocycles. The Bertz CT molecular complexity index is 450. The molecule has 0 aliphatic carbocycles. The van der Waals surface area contributed by atoms with Gasteiger partial charge in [-0.15, -0.1) is 0 Å². The number of hydrogen-bond acceptors (Lipinski definition) is 4. The van der Waals surface area contributed by atoms with Crippen LogP contribution in [0.3, 0.4) is 0 Å². The molecule has 104 valence electrons. The summed E-state index contributed by atoms with van der Waals surface area (Å²) < 4.78 is 5.35. The summed E-state index contributed by atoms with van der Waals surface area (Å²) in [4.78, 5) is 16.1. The fourth-order valence-corrected chi connectivity index (χ4v) is 2.42. The molecule has 1 amide bonds. The summed E-state index contributed by atoms with van der Waals surface area (Å²) in [5.41, 5.74) is 0.851. The van der Waals surface area contributed by atoms with Crippen LogP contribution in [0.4, 0.5) is 5.69 Å². The smallest absolute Gasteiger partial charge is 0.241 e. The molecular formula is C14H21N3O2. The largest absolute Gasteiger partial charge is 0.495 e. The highest BCUT2D eigenvalue weighted by molar-refractivity contribution is 5.97. The Labute approximate surface area is 114 Å². The maximum Gasteiger partial charge on any atom is 0.241 e. The highest BCUT2D eigenvalue weighted by Crippen LogP contribution is 2.29. The zero-order valence-corrected chi connectivity index (χ0v) is 11.7. The second kappa shape index (κ2) is 6.04. The molecule has 1 heterocycles. The van der Waals surface area contributed by atoms with Crippen molar-refractivity contribution in [1.29, 1.82) is 0 Å². The molecule has 1 aromatic carbocycles. The van der Waals surface area contributed by atoms with E-state index in [0.29, 0.717) is 19.1 Å². The van der Waals surface area contributed by atoms with E-state index in [9.17, 15) is 4.79 Å². The number of methoxy groups -OCH3 is 1. The van der Waals surface area contributed by atoms with Gasteiger partial charge in [0.15, 0.2) is 0 Å². The highest BCUT2D eigenvalue weighted by atomic mass is 16.5. The van der Waals surface area contributed by atoms with Gasteiger partial charge in [0.25, 0.3) is 0 Å². The topological polar surface area (TPSA) is 44.8 Å². The fraction of sp³-hybridized carbons (Fsp3) is 0.500. The minimum Gasteiger partial charge on any atom is -0.495 e. The number of nitrogens with one attached hydrogen (secondary N) is 1. The van der Waals surface area contributed by atoms with Gasteiger partial charge in [-0.1, -0.05) is 12.1 Å². The maximum absolute atomic E-state index is 12.2. The van der Waals surface area contributed by atoms with E-state index in [-0.39, 0.29) is 5.91 Å². The Morgan fingerprint density at radius 2 is 2.16 bits per heavy atom. The summed E-state index contributed by atoms with van der Waals surface area (Å²) >= 11 is 0. The van der Waals surface area contributed by atoms with E-state index in [0.717, 1.165) is 18.0 Å². The molecule has 1 fully saturated rings. The monoisotopic (exact) mass is 263 g/mol. The standard InChI is InChI=1S/C14H21N3O2/c1-15-8-11-9-17(14(18)10-16(11)2)12-6-4-5-7-13(12)19-3/h4-7,11,15H,8-10H2,1-3H3. The van der Waals surface area contributed by atoms with Crippen molar-refractivity contribution < 1.29 is 9.53 Å². The first-order chi connectivity index (χ1) is 9.17. The molecule has 1 aliphatic heterocycles. The van der Waals surface area contributed by atoms with Gasteiger partial charge >= 0.3 is 0 Å². The van der Waals surface area contributed by atoms with Gasteiger partial charge in [0.1, 0.15) is 5.75 Å². The number of carbonyl (C=O) groups excluding carboxylic acids is 1. The van der Waals surface area contributed by atoms with Crippen molar-refractivity contribution in [2.75, 3.05) is 45.7 Å². The Kier molecular flexibility index (Phi) is 4.39. The number of anilines is 1. The summed E-state index contributed by atoms with van der Waals surface area (Å²) in [5.74, 6) is 0.850. The molecule has 0 saturated carbocycles. The normalized spacial score (nSPS) is 20.7. The number of para-hydroxylation sites is 2. The third kappa shape index (κ3) is 2.88. The Morgan fingerprint density at radius 3 is 2.84 bits per heavy atom. The lowest BCUT2D eigenvalue weighted by Crippen LogP contribution is -2.57. The molecule has 1 atom stereocenters. The number of likely N-dealkylation sites (N-methyl/N-ethyl adjacent to an activating group) is 2. The molecule has 1 N–H and O–H groups in total. The highest BCUT2D eigenvalue weighted by Gasteiger charge is 2.31. The molecule has 2 rings (SSSR count). The van der Waals surface area contributed by atoms with Crippen molar-refractivity contribution in [3.8, 4) is 5.75 Å². The molecule has 0 bridgehead atoms. The molecule has 5 nitrogen and oxygen atoms in total. The van der Waals surface area contributed by atoms with Crippen molar-refractivity contribution in [2.24, 2.45) is 0 Å². The molecule has 0 spiro atoms. The number of amides is 1. The van der Waals surface area contributed by atoms with Crippen LogP contribution in [-0.4, -0.2) is 57.7 Å². The number of nitrogens with zero attached hydrogens (tertiary/aromatic N) is 2. The minimum atomic E-state index is 0.111. The fourth-order valence-electron chi connectivity index (χ4n) is 2.42. The molecule has 0 radical (unpaired) electrons. The first-order valence-corrected chi connectivity index (χ1v) is 6.45. The van der Waals surface area contributed by atoms with Gasteiger partial charge in [0, 0.05) is 19.1 Å². The summed E-state index contributed by atoms with van der Waals surface area (Å²) in [6.45, 7) is 1.97. The maximum atomic E-state index is 12.2. The van der Waals surface area contributed by atoms with Gasteiger partial charge in [-0.05, 0) is 26.2 Å². The molecule has 1 saturated heterocycles. The minimum absolute atomic E-state index is 0.111.